The number of piperidine rings is 1. The van der Waals surface area contributed by atoms with Crippen molar-refractivity contribution in [3.8, 4) is 0 Å². The number of piperazine rings is 1. The summed E-state index contributed by atoms with van der Waals surface area (Å²) >= 11 is 0. The third kappa shape index (κ3) is 4.22. The van der Waals surface area contributed by atoms with Crippen molar-refractivity contribution >= 4 is 15.9 Å². The lowest BCUT2D eigenvalue weighted by molar-refractivity contribution is -0.134. The standard InChI is InChI=1S/C18H27N3O3S/c1-16-7-5-6-10-20(16)15-18(22)19-11-13-21(14-12-19)25(23,24)17-8-3-2-4-9-17/h2-4,8-9,16H,5-7,10-15H2,1H3/t16-/m1/s1. The van der Waals surface area contributed by atoms with Crippen LogP contribution in [0.4, 0.5) is 0 Å². The molecule has 0 radical (unpaired) electrons. The number of benzene rings is 1. The number of hydrogen-bond acceptors (Lipinski definition) is 4. The van der Waals surface area contributed by atoms with Crippen LogP contribution in [0.1, 0.15) is 26.2 Å². The smallest absolute Gasteiger partial charge is 0.243 e. The van der Waals surface area contributed by atoms with Gasteiger partial charge < -0.3 is 4.90 Å². The van der Waals surface area contributed by atoms with Crippen molar-refractivity contribution in [2.75, 3.05) is 39.3 Å². The number of likely N-dealkylation sites (tertiary alicyclic amines) is 1. The molecule has 2 aliphatic rings. The molecule has 0 saturated carbocycles. The second-order valence-electron chi connectivity index (χ2n) is 6.91. The van der Waals surface area contributed by atoms with E-state index in [-0.39, 0.29) is 5.91 Å². The molecular formula is C18H27N3O3S. The van der Waals surface area contributed by atoms with Crippen LogP contribution in [0, 0.1) is 0 Å². The van der Waals surface area contributed by atoms with Crippen molar-refractivity contribution in [1.82, 2.24) is 14.1 Å². The van der Waals surface area contributed by atoms with Gasteiger partial charge >= 0.3 is 0 Å². The van der Waals surface area contributed by atoms with E-state index in [1.54, 1.807) is 35.2 Å². The molecule has 25 heavy (non-hydrogen) atoms. The van der Waals surface area contributed by atoms with Gasteiger partial charge in [0.05, 0.1) is 11.4 Å². The van der Waals surface area contributed by atoms with Crippen LogP contribution in [0.15, 0.2) is 35.2 Å². The van der Waals surface area contributed by atoms with Crippen LogP contribution in [0.5, 0.6) is 0 Å². The molecule has 1 atom stereocenters. The molecular weight excluding hydrogens is 338 g/mol. The van der Waals surface area contributed by atoms with Gasteiger partial charge in [0.25, 0.3) is 0 Å². The van der Waals surface area contributed by atoms with Crippen LogP contribution < -0.4 is 0 Å². The number of amides is 1. The first kappa shape index (κ1) is 18.4. The van der Waals surface area contributed by atoms with Gasteiger partial charge in [-0.05, 0) is 38.4 Å². The lowest BCUT2D eigenvalue weighted by atomic mass is 10.0. The van der Waals surface area contributed by atoms with Crippen LogP contribution in [-0.4, -0.2) is 73.7 Å². The molecule has 0 unspecified atom stereocenters. The Morgan fingerprint density at radius 3 is 2.36 bits per heavy atom. The van der Waals surface area contributed by atoms with E-state index in [0.29, 0.717) is 43.7 Å². The van der Waals surface area contributed by atoms with Gasteiger partial charge in [-0.1, -0.05) is 24.6 Å². The maximum Gasteiger partial charge on any atom is 0.243 e. The third-order valence-corrected chi connectivity index (χ3v) is 7.16. The minimum atomic E-state index is -3.46. The summed E-state index contributed by atoms with van der Waals surface area (Å²) in [5.74, 6) is 0.116. The molecule has 0 spiro atoms. The highest BCUT2D eigenvalue weighted by Crippen LogP contribution is 2.19. The predicted octanol–water partition coefficient (Wildman–Crippen LogP) is 1.39. The quantitative estimate of drug-likeness (QED) is 0.809. The topological polar surface area (TPSA) is 60.9 Å². The van der Waals surface area contributed by atoms with Crippen LogP contribution in [0.2, 0.25) is 0 Å². The monoisotopic (exact) mass is 365 g/mol. The van der Waals surface area contributed by atoms with Crippen LogP contribution >= 0.6 is 0 Å². The molecule has 138 valence electrons. The van der Waals surface area contributed by atoms with E-state index < -0.39 is 10.0 Å². The first-order valence-electron chi connectivity index (χ1n) is 9.05. The average Bonchev–Trinajstić information content (AvgIpc) is 2.64. The van der Waals surface area contributed by atoms with Gasteiger partial charge in [0.15, 0.2) is 0 Å². The van der Waals surface area contributed by atoms with Gasteiger partial charge in [0, 0.05) is 32.2 Å². The maximum atomic E-state index is 12.6. The zero-order chi connectivity index (χ0) is 17.9. The normalized spacial score (nSPS) is 23.6. The Bertz CT molecular complexity index is 685. The molecule has 0 N–H and O–H groups in total. The van der Waals surface area contributed by atoms with Crippen molar-refractivity contribution in [1.29, 1.82) is 0 Å². The van der Waals surface area contributed by atoms with E-state index in [1.807, 2.05) is 0 Å². The molecule has 7 heteroatoms. The number of carbonyl (C=O) groups is 1. The molecule has 6 nitrogen and oxygen atoms in total. The largest absolute Gasteiger partial charge is 0.339 e. The molecule has 2 aliphatic heterocycles. The molecule has 1 aromatic rings. The molecule has 3 rings (SSSR count). The molecule has 0 aliphatic carbocycles. The SMILES string of the molecule is C[C@@H]1CCCCN1CC(=O)N1CCN(S(=O)(=O)c2ccccc2)CC1. The summed E-state index contributed by atoms with van der Waals surface area (Å²) in [7, 11) is -3.46. The van der Waals surface area contributed by atoms with Gasteiger partial charge in [0.2, 0.25) is 15.9 Å². The van der Waals surface area contributed by atoms with Gasteiger partial charge in [-0.2, -0.15) is 4.31 Å². The van der Waals surface area contributed by atoms with Crippen molar-refractivity contribution < 1.29 is 13.2 Å². The number of sulfonamides is 1. The first-order chi connectivity index (χ1) is 12.0. The highest BCUT2D eigenvalue weighted by Gasteiger charge is 2.31. The average molecular weight is 365 g/mol. The second kappa shape index (κ2) is 7.85. The van der Waals surface area contributed by atoms with E-state index >= 15 is 0 Å². The van der Waals surface area contributed by atoms with Gasteiger partial charge in [-0.3, -0.25) is 9.69 Å². The predicted molar refractivity (Wildman–Crippen MR) is 96.7 cm³/mol. The summed E-state index contributed by atoms with van der Waals surface area (Å²) < 4.78 is 26.8. The Kier molecular flexibility index (Phi) is 5.76. The zero-order valence-corrected chi connectivity index (χ0v) is 15.6. The molecule has 0 aromatic heterocycles. The van der Waals surface area contributed by atoms with E-state index in [2.05, 4.69) is 11.8 Å². The first-order valence-corrected chi connectivity index (χ1v) is 10.5. The summed E-state index contributed by atoms with van der Waals surface area (Å²) in [5, 5.41) is 0. The minimum absolute atomic E-state index is 0.116. The summed E-state index contributed by atoms with van der Waals surface area (Å²) in [4.78, 5) is 16.9. The van der Waals surface area contributed by atoms with Crippen molar-refractivity contribution in [3.05, 3.63) is 30.3 Å². The molecule has 1 amide bonds. The van der Waals surface area contributed by atoms with Crippen molar-refractivity contribution in [2.24, 2.45) is 0 Å². The number of hydrogen-bond donors (Lipinski definition) is 0. The number of carbonyl (C=O) groups excluding carboxylic acids is 1. The highest BCUT2D eigenvalue weighted by atomic mass is 32.2. The second-order valence-corrected chi connectivity index (χ2v) is 8.85. The van der Waals surface area contributed by atoms with Crippen LogP contribution in [-0.2, 0) is 14.8 Å². The van der Waals surface area contributed by atoms with Gasteiger partial charge in [-0.25, -0.2) is 8.42 Å². The van der Waals surface area contributed by atoms with E-state index in [4.69, 9.17) is 0 Å². The van der Waals surface area contributed by atoms with E-state index in [1.165, 1.54) is 10.7 Å². The summed E-state index contributed by atoms with van der Waals surface area (Å²) in [6.07, 6.45) is 3.54. The van der Waals surface area contributed by atoms with Gasteiger partial charge in [-0.15, -0.1) is 0 Å². The molecule has 2 fully saturated rings. The van der Waals surface area contributed by atoms with Crippen molar-refractivity contribution in [3.63, 3.8) is 0 Å². The van der Waals surface area contributed by atoms with Crippen LogP contribution in [0.25, 0.3) is 0 Å². The lowest BCUT2D eigenvalue weighted by Gasteiger charge is -2.37. The maximum absolute atomic E-state index is 12.6. The van der Waals surface area contributed by atoms with E-state index in [9.17, 15) is 13.2 Å². The zero-order valence-electron chi connectivity index (χ0n) is 14.8. The Balaban J connectivity index is 1.55. The summed E-state index contributed by atoms with van der Waals surface area (Å²) in [6.45, 7) is 5.26. The Labute approximate surface area is 150 Å². The Morgan fingerprint density at radius 2 is 1.72 bits per heavy atom. The molecule has 2 saturated heterocycles. The molecule has 0 bridgehead atoms. The summed E-state index contributed by atoms with van der Waals surface area (Å²) in [6, 6.07) is 8.95. The number of nitrogens with zero attached hydrogens (tertiary/aromatic N) is 3. The minimum Gasteiger partial charge on any atom is -0.339 e. The Hall–Kier alpha value is -1.44. The third-order valence-electron chi connectivity index (χ3n) is 5.25. The highest BCUT2D eigenvalue weighted by molar-refractivity contribution is 7.89. The molecule has 2 heterocycles. The van der Waals surface area contributed by atoms with Crippen LogP contribution in [0.3, 0.4) is 0 Å². The Morgan fingerprint density at radius 1 is 1.04 bits per heavy atom. The van der Waals surface area contributed by atoms with Crippen molar-refractivity contribution in [2.45, 2.75) is 37.1 Å². The fraction of sp³-hybridized carbons (Fsp3) is 0.611. The number of rotatable bonds is 4. The fourth-order valence-corrected chi connectivity index (χ4v) is 5.03. The summed E-state index contributed by atoms with van der Waals surface area (Å²) in [5.41, 5.74) is 0. The lowest BCUT2D eigenvalue weighted by Crippen LogP contribution is -2.53. The van der Waals surface area contributed by atoms with E-state index in [0.717, 1.165) is 19.4 Å². The fourth-order valence-electron chi connectivity index (χ4n) is 3.59. The molecule has 1 aromatic carbocycles. The van der Waals surface area contributed by atoms with Gasteiger partial charge in [0.1, 0.15) is 0 Å².